The number of sulfonamides is 1. The average molecular weight is 548 g/mol. The molecule has 0 spiro atoms. The summed E-state index contributed by atoms with van der Waals surface area (Å²) in [5.74, 6) is -1.59. The molecule has 1 amide bonds. The topological polar surface area (TPSA) is 173 Å². The number of nitrogens with two attached hydrogens (primary N) is 1. The number of thiophene rings is 1. The van der Waals surface area contributed by atoms with E-state index in [4.69, 9.17) is 20.7 Å². The number of carbonyl (C=O) groups excluding carboxylic acids is 1. The first-order chi connectivity index (χ1) is 16.8. The van der Waals surface area contributed by atoms with Gasteiger partial charge in [-0.3, -0.25) is 4.79 Å². The van der Waals surface area contributed by atoms with Crippen LogP contribution in [0.15, 0.2) is 51.2 Å². The van der Waals surface area contributed by atoms with Crippen LogP contribution in [0, 0.1) is 0 Å². The van der Waals surface area contributed by atoms with Crippen molar-refractivity contribution in [2.75, 3.05) is 0 Å². The SMILES string of the molecule is NC(=O)CCc1ccc([C@H]2C[C@@H]2NS(=O)(=O)c2ccc(-c3cc(C(F)(F)F)on3)s2)cc1.O=C(O)O. The Balaban J connectivity index is 0.000000840. The molecule has 1 saturated carbocycles. The number of hydrogen-bond acceptors (Lipinski definition) is 7. The van der Waals surface area contributed by atoms with Crippen molar-refractivity contribution in [3.8, 4) is 10.6 Å². The van der Waals surface area contributed by atoms with Crippen LogP contribution in [0.2, 0.25) is 0 Å². The van der Waals surface area contributed by atoms with Crippen LogP contribution in [-0.4, -0.2) is 41.9 Å². The summed E-state index contributed by atoms with van der Waals surface area (Å²) in [5.41, 5.74) is 7.02. The summed E-state index contributed by atoms with van der Waals surface area (Å²) in [6.07, 6.45) is -5.05. The number of aromatic nitrogens is 1. The zero-order chi connectivity index (χ0) is 26.7. The minimum absolute atomic E-state index is 0.0171. The van der Waals surface area contributed by atoms with Crippen LogP contribution < -0.4 is 10.5 Å². The third kappa shape index (κ3) is 7.29. The van der Waals surface area contributed by atoms with E-state index in [9.17, 15) is 26.4 Å². The van der Waals surface area contributed by atoms with E-state index in [2.05, 4.69) is 14.4 Å². The van der Waals surface area contributed by atoms with Gasteiger partial charge in [-0.2, -0.15) is 13.2 Å². The molecular weight excluding hydrogens is 527 g/mol. The van der Waals surface area contributed by atoms with E-state index in [0.29, 0.717) is 12.8 Å². The van der Waals surface area contributed by atoms with Gasteiger partial charge in [0, 0.05) is 24.4 Å². The number of hydrogen-bond donors (Lipinski definition) is 4. The summed E-state index contributed by atoms with van der Waals surface area (Å²) in [4.78, 5) is 19.7. The Morgan fingerprint density at radius 1 is 1.17 bits per heavy atom. The molecule has 10 nitrogen and oxygen atoms in total. The van der Waals surface area contributed by atoms with Crippen molar-refractivity contribution in [3.63, 3.8) is 0 Å². The first kappa shape index (κ1) is 27.2. The van der Waals surface area contributed by atoms with Gasteiger partial charge in [0.05, 0.1) is 4.88 Å². The van der Waals surface area contributed by atoms with E-state index in [1.165, 1.54) is 12.1 Å². The van der Waals surface area contributed by atoms with E-state index in [-0.39, 0.29) is 39.1 Å². The van der Waals surface area contributed by atoms with Crippen molar-refractivity contribution >= 4 is 33.4 Å². The van der Waals surface area contributed by atoms with Crippen LogP contribution >= 0.6 is 11.3 Å². The van der Waals surface area contributed by atoms with Gasteiger partial charge in [-0.15, -0.1) is 11.3 Å². The molecule has 15 heteroatoms. The van der Waals surface area contributed by atoms with E-state index in [1.54, 1.807) is 0 Å². The number of halogens is 3. The molecule has 5 N–H and O–H groups in total. The second kappa shape index (κ2) is 10.7. The van der Waals surface area contributed by atoms with Gasteiger partial charge in [0.25, 0.3) is 0 Å². The Morgan fingerprint density at radius 2 is 1.81 bits per heavy atom. The maximum atomic E-state index is 12.7. The fourth-order valence-electron chi connectivity index (χ4n) is 3.28. The maximum absolute atomic E-state index is 12.7. The number of nitrogens with one attached hydrogen (secondary N) is 1. The molecule has 194 valence electrons. The second-order valence-electron chi connectivity index (χ2n) is 7.75. The van der Waals surface area contributed by atoms with Gasteiger partial charge >= 0.3 is 12.3 Å². The van der Waals surface area contributed by atoms with E-state index < -0.39 is 28.1 Å². The highest BCUT2D eigenvalue weighted by Gasteiger charge is 2.41. The summed E-state index contributed by atoms with van der Waals surface area (Å²) in [5, 5.41) is 17.3. The van der Waals surface area contributed by atoms with Crippen molar-refractivity contribution in [2.24, 2.45) is 5.73 Å². The summed E-state index contributed by atoms with van der Waals surface area (Å²) in [6.45, 7) is 0. The lowest BCUT2D eigenvalue weighted by Gasteiger charge is -2.06. The minimum atomic E-state index is -4.67. The van der Waals surface area contributed by atoms with Crippen molar-refractivity contribution in [1.29, 1.82) is 0 Å². The number of amides is 1. The molecule has 1 aliphatic rings. The Kier molecular flexibility index (Phi) is 8.05. The van der Waals surface area contributed by atoms with Gasteiger partial charge in [0.15, 0.2) is 0 Å². The third-order valence-electron chi connectivity index (χ3n) is 5.05. The molecule has 1 aliphatic carbocycles. The molecule has 2 atom stereocenters. The van der Waals surface area contributed by atoms with Crippen LogP contribution in [0.4, 0.5) is 18.0 Å². The Morgan fingerprint density at radius 3 is 2.36 bits per heavy atom. The first-order valence-corrected chi connectivity index (χ1v) is 12.5. The Bertz CT molecular complexity index is 1330. The van der Waals surface area contributed by atoms with Crippen LogP contribution in [0.3, 0.4) is 0 Å². The molecule has 1 fully saturated rings. The molecule has 1 aromatic carbocycles. The largest absolute Gasteiger partial charge is 0.503 e. The van der Waals surface area contributed by atoms with Crippen LogP contribution in [0.5, 0.6) is 0 Å². The lowest BCUT2D eigenvalue weighted by Crippen LogP contribution is -2.26. The van der Waals surface area contributed by atoms with Crippen molar-refractivity contribution < 1.29 is 45.9 Å². The van der Waals surface area contributed by atoms with Gasteiger partial charge in [0.2, 0.25) is 21.7 Å². The molecule has 0 unspecified atom stereocenters. The zero-order valence-electron chi connectivity index (χ0n) is 18.2. The fourth-order valence-corrected chi connectivity index (χ4v) is 5.84. The van der Waals surface area contributed by atoms with E-state index in [1.807, 2.05) is 24.3 Å². The zero-order valence-corrected chi connectivity index (χ0v) is 19.9. The second-order valence-corrected chi connectivity index (χ2v) is 10.8. The fraction of sp³-hybridized carbons (Fsp3) is 0.286. The van der Waals surface area contributed by atoms with Crippen LogP contribution in [-0.2, 0) is 27.4 Å². The first-order valence-electron chi connectivity index (χ1n) is 10.2. The number of aryl methyl sites for hydroxylation is 1. The minimum Gasteiger partial charge on any atom is -0.450 e. The number of primary amides is 1. The van der Waals surface area contributed by atoms with Crippen molar-refractivity contribution in [1.82, 2.24) is 9.88 Å². The molecule has 3 aromatic rings. The lowest BCUT2D eigenvalue weighted by atomic mass is 10.0. The van der Waals surface area contributed by atoms with E-state index >= 15 is 0 Å². The maximum Gasteiger partial charge on any atom is 0.503 e. The van der Waals surface area contributed by atoms with Gasteiger partial charge in [0.1, 0.15) is 9.90 Å². The average Bonchev–Trinajstić information content (AvgIpc) is 3.18. The molecule has 0 radical (unpaired) electrons. The number of alkyl halides is 3. The summed E-state index contributed by atoms with van der Waals surface area (Å²) >= 11 is 0.815. The highest BCUT2D eigenvalue weighted by atomic mass is 32.2. The normalized spacial score (nSPS) is 17.2. The number of nitrogens with zero attached hydrogens (tertiary/aromatic N) is 1. The smallest absolute Gasteiger partial charge is 0.450 e. The third-order valence-corrected chi connectivity index (χ3v) is 8.14. The molecule has 2 heterocycles. The monoisotopic (exact) mass is 547 g/mol. The van der Waals surface area contributed by atoms with Crippen molar-refractivity contribution in [3.05, 3.63) is 59.4 Å². The van der Waals surface area contributed by atoms with Crippen LogP contribution in [0.1, 0.15) is 35.6 Å². The standard InChI is InChI=1S/C20H18F3N3O4S2.CH2O3/c21-20(22,23)17-10-15(25-30-17)16-6-8-19(31-16)32(28,29)26-14-9-13(14)12-4-1-11(2-5-12)3-7-18(24)27;2-1(3)4/h1-2,4-6,8,10,13-14,26H,3,7,9H2,(H2,24,27);(H2,2,3,4)/t13-,14+;/m1./s1. The molecule has 0 bridgehead atoms. The Hall–Kier alpha value is -3.43. The summed E-state index contributed by atoms with van der Waals surface area (Å²) in [6, 6.07) is 10.8. The van der Waals surface area contributed by atoms with Gasteiger partial charge in [-0.05, 0) is 36.1 Å². The number of benzene rings is 1. The molecule has 0 saturated heterocycles. The molecule has 4 rings (SSSR count). The quantitative estimate of drug-likeness (QED) is 0.329. The number of rotatable bonds is 8. The predicted octanol–water partition coefficient (Wildman–Crippen LogP) is 3.90. The van der Waals surface area contributed by atoms with Gasteiger partial charge in [-0.25, -0.2) is 17.9 Å². The molecule has 36 heavy (non-hydrogen) atoms. The highest BCUT2D eigenvalue weighted by Crippen LogP contribution is 2.42. The van der Waals surface area contributed by atoms with Gasteiger partial charge < -0.3 is 20.5 Å². The van der Waals surface area contributed by atoms with Crippen LogP contribution in [0.25, 0.3) is 10.6 Å². The summed E-state index contributed by atoms with van der Waals surface area (Å²) < 4.78 is 70.4. The highest BCUT2D eigenvalue weighted by molar-refractivity contribution is 7.91. The molecule has 2 aromatic heterocycles. The van der Waals surface area contributed by atoms with Crippen molar-refractivity contribution in [2.45, 2.75) is 41.6 Å². The molecule has 0 aliphatic heterocycles. The van der Waals surface area contributed by atoms with Gasteiger partial charge in [-0.1, -0.05) is 29.4 Å². The number of carboxylic acid groups (broad SMARTS) is 2. The van der Waals surface area contributed by atoms with E-state index in [0.717, 1.165) is 28.5 Å². The summed E-state index contributed by atoms with van der Waals surface area (Å²) in [7, 11) is -3.84. The molecular formula is C21H20F3N3O7S2. The lowest BCUT2D eigenvalue weighted by molar-refractivity contribution is -0.155. The predicted molar refractivity (Wildman–Crippen MR) is 121 cm³/mol. The Labute approximate surface area is 206 Å². The number of carbonyl (C=O) groups is 2.